The first-order valence-corrected chi connectivity index (χ1v) is 6.24. The molecule has 2 heterocycles. The third kappa shape index (κ3) is 2.98. The molecule has 0 bridgehead atoms. The Morgan fingerprint density at radius 3 is 2.44 bits per heavy atom. The van der Waals surface area contributed by atoms with Gasteiger partial charge in [0.1, 0.15) is 6.54 Å². The zero-order valence-electron chi connectivity index (χ0n) is 10.3. The van der Waals surface area contributed by atoms with E-state index in [1.165, 1.54) is 4.90 Å². The van der Waals surface area contributed by atoms with E-state index in [2.05, 4.69) is 10.6 Å². The summed E-state index contributed by atoms with van der Waals surface area (Å²) in [6.07, 6.45) is 0.847. The first-order valence-electron chi connectivity index (χ1n) is 6.24. The molecule has 2 saturated heterocycles. The van der Waals surface area contributed by atoms with Crippen LogP contribution in [0.3, 0.4) is 0 Å². The molecule has 0 atom stereocenters. The summed E-state index contributed by atoms with van der Waals surface area (Å²) < 4.78 is 0. The molecule has 0 unspecified atom stereocenters. The fourth-order valence-electron chi connectivity index (χ4n) is 2.13. The number of piperazine rings is 1. The van der Waals surface area contributed by atoms with E-state index in [1.54, 1.807) is 4.90 Å². The second kappa shape index (κ2) is 5.81. The lowest BCUT2D eigenvalue weighted by Crippen LogP contribution is -2.54. The average Bonchev–Trinajstić information content (AvgIpc) is 2.66. The summed E-state index contributed by atoms with van der Waals surface area (Å²) in [6.45, 7) is 3.52. The Morgan fingerprint density at radius 2 is 1.67 bits per heavy atom. The topological polar surface area (TPSA) is 81.8 Å². The molecule has 0 radical (unpaired) electrons. The third-order valence-corrected chi connectivity index (χ3v) is 3.14. The Labute approximate surface area is 105 Å². The second-order valence-electron chi connectivity index (χ2n) is 4.47. The van der Waals surface area contributed by atoms with Crippen molar-refractivity contribution in [2.45, 2.75) is 6.42 Å². The number of hydrogen-bond acceptors (Lipinski definition) is 4. The van der Waals surface area contributed by atoms with E-state index in [9.17, 15) is 14.4 Å². The predicted molar refractivity (Wildman–Crippen MR) is 63.7 cm³/mol. The van der Waals surface area contributed by atoms with Gasteiger partial charge in [-0.2, -0.15) is 0 Å². The van der Waals surface area contributed by atoms with E-state index < -0.39 is 11.8 Å². The van der Waals surface area contributed by atoms with E-state index in [4.69, 9.17) is 0 Å². The molecule has 0 aromatic rings. The molecular weight excluding hydrogens is 236 g/mol. The van der Waals surface area contributed by atoms with Gasteiger partial charge < -0.3 is 20.4 Å². The van der Waals surface area contributed by atoms with Gasteiger partial charge in [0, 0.05) is 32.7 Å². The number of carbonyl (C=O) groups is 3. The maximum absolute atomic E-state index is 12.0. The van der Waals surface area contributed by atoms with Crippen LogP contribution in [-0.4, -0.2) is 73.3 Å². The van der Waals surface area contributed by atoms with E-state index in [0.29, 0.717) is 32.7 Å². The highest BCUT2D eigenvalue weighted by molar-refractivity contribution is 6.35. The first kappa shape index (κ1) is 12.8. The molecule has 0 saturated carbocycles. The highest BCUT2D eigenvalue weighted by Gasteiger charge is 2.30. The molecule has 0 spiro atoms. The van der Waals surface area contributed by atoms with E-state index in [1.807, 2.05) is 0 Å². The largest absolute Gasteiger partial charge is 0.353 e. The average molecular weight is 254 g/mol. The number of amides is 3. The molecular formula is C11H18N4O3. The van der Waals surface area contributed by atoms with Gasteiger partial charge in [-0.1, -0.05) is 0 Å². The summed E-state index contributed by atoms with van der Waals surface area (Å²) >= 11 is 0. The van der Waals surface area contributed by atoms with Gasteiger partial charge in [0.25, 0.3) is 0 Å². The van der Waals surface area contributed by atoms with Crippen LogP contribution in [0.5, 0.6) is 0 Å². The SMILES string of the molecule is O=C1CN(C(=O)C(=O)N2CCCNCC2)CCN1. The summed E-state index contributed by atoms with van der Waals surface area (Å²) in [5, 5.41) is 5.80. The van der Waals surface area contributed by atoms with Crippen LogP contribution < -0.4 is 10.6 Å². The Morgan fingerprint density at radius 1 is 0.944 bits per heavy atom. The van der Waals surface area contributed by atoms with Gasteiger partial charge in [-0.3, -0.25) is 14.4 Å². The molecule has 3 amide bonds. The monoisotopic (exact) mass is 254 g/mol. The Bertz CT molecular complexity index is 350. The molecule has 7 nitrogen and oxygen atoms in total. The van der Waals surface area contributed by atoms with Crippen LogP contribution in [0, 0.1) is 0 Å². The summed E-state index contributed by atoms with van der Waals surface area (Å²) in [4.78, 5) is 38.1. The van der Waals surface area contributed by atoms with E-state index in [0.717, 1.165) is 13.0 Å². The fourth-order valence-corrected chi connectivity index (χ4v) is 2.13. The van der Waals surface area contributed by atoms with Gasteiger partial charge in [0.05, 0.1) is 0 Å². The van der Waals surface area contributed by atoms with E-state index >= 15 is 0 Å². The summed E-state index contributed by atoms with van der Waals surface area (Å²) in [7, 11) is 0. The molecule has 18 heavy (non-hydrogen) atoms. The van der Waals surface area contributed by atoms with E-state index in [-0.39, 0.29) is 12.5 Å². The first-order chi connectivity index (χ1) is 8.68. The van der Waals surface area contributed by atoms with Crippen molar-refractivity contribution in [2.75, 3.05) is 45.8 Å². The Hall–Kier alpha value is -1.63. The molecule has 2 fully saturated rings. The van der Waals surface area contributed by atoms with Gasteiger partial charge in [0.15, 0.2) is 0 Å². The van der Waals surface area contributed by atoms with Crippen LogP contribution in [0.1, 0.15) is 6.42 Å². The summed E-state index contributed by atoms with van der Waals surface area (Å²) in [5.74, 6) is -1.26. The Balaban J connectivity index is 1.94. The molecule has 2 aliphatic heterocycles. The molecule has 7 heteroatoms. The van der Waals surface area contributed by atoms with Crippen molar-refractivity contribution in [3.05, 3.63) is 0 Å². The quantitative estimate of drug-likeness (QED) is 0.479. The van der Waals surface area contributed by atoms with Gasteiger partial charge in [-0.15, -0.1) is 0 Å². The number of nitrogens with one attached hydrogen (secondary N) is 2. The lowest BCUT2D eigenvalue weighted by atomic mass is 10.3. The van der Waals surface area contributed by atoms with Crippen LogP contribution in [-0.2, 0) is 14.4 Å². The molecule has 2 N–H and O–H groups in total. The molecule has 2 aliphatic rings. The van der Waals surface area contributed by atoms with Crippen molar-refractivity contribution < 1.29 is 14.4 Å². The molecule has 0 aromatic carbocycles. The van der Waals surface area contributed by atoms with Crippen molar-refractivity contribution in [3.63, 3.8) is 0 Å². The lowest BCUT2D eigenvalue weighted by Gasteiger charge is -2.28. The predicted octanol–water partition coefficient (Wildman–Crippen LogP) is -2.23. The normalized spacial score (nSPS) is 21.2. The molecule has 100 valence electrons. The zero-order valence-corrected chi connectivity index (χ0v) is 10.3. The number of carbonyl (C=O) groups excluding carboxylic acids is 3. The van der Waals surface area contributed by atoms with Crippen molar-refractivity contribution in [3.8, 4) is 0 Å². The number of nitrogens with zero attached hydrogens (tertiary/aromatic N) is 2. The number of rotatable bonds is 0. The van der Waals surface area contributed by atoms with Crippen molar-refractivity contribution in [1.82, 2.24) is 20.4 Å². The minimum Gasteiger partial charge on any atom is -0.353 e. The highest BCUT2D eigenvalue weighted by atomic mass is 16.2. The molecule has 0 aromatic heterocycles. The summed E-state index contributed by atoms with van der Waals surface area (Å²) in [5.41, 5.74) is 0. The third-order valence-electron chi connectivity index (χ3n) is 3.14. The maximum Gasteiger partial charge on any atom is 0.312 e. The maximum atomic E-state index is 12.0. The highest BCUT2D eigenvalue weighted by Crippen LogP contribution is 2.02. The van der Waals surface area contributed by atoms with Crippen LogP contribution in [0.15, 0.2) is 0 Å². The second-order valence-corrected chi connectivity index (χ2v) is 4.47. The fraction of sp³-hybridized carbons (Fsp3) is 0.727. The zero-order chi connectivity index (χ0) is 13.0. The van der Waals surface area contributed by atoms with Crippen molar-refractivity contribution in [1.29, 1.82) is 0 Å². The minimum atomic E-state index is -0.563. The smallest absolute Gasteiger partial charge is 0.312 e. The van der Waals surface area contributed by atoms with Crippen LogP contribution in [0.4, 0.5) is 0 Å². The summed E-state index contributed by atoms with van der Waals surface area (Å²) in [6, 6.07) is 0. The van der Waals surface area contributed by atoms with Crippen LogP contribution in [0.25, 0.3) is 0 Å². The van der Waals surface area contributed by atoms with Gasteiger partial charge in [-0.05, 0) is 13.0 Å². The number of hydrogen-bond donors (Lipinski definition) is 2. The van der Waals surface area contributed by atoms with Crippen molar-refractivity contribution >= 4 is 17.7 Å². The van der Waals surface area contributed by atoms with Gasteiger partial charge in [0.2, 0.25) is 5.91 Å². The van der Waals surface area contributed by atoms with Crippen molar-refractivity contribution in [2.24, 2.45) is 0 Å². The lowest BCUT2D eigenvalue weighted by molar-refractivity contribution is -0.153. The standard InChI is InChI=1S/C11H18N4O3/c16-9-8-15(7-4-13-9)11(18)10(17)14-5-1-2-12-3-6-14/h12H,1-8H2,(H,13,16). The molecule has 0 aliphatic carbocycles. The van der Waals surface area contributed by atoms with Crippen LogP contribution >= 0.6 is 0 Å². The van der Waals surface area contributed by atoms with Crippen LogP contribution in [0.2, 0.25) is 0 Å². The van der Waals surface area contributed by atoms with Gasteiger partial charge >= 0.3 is 11.8 Å². The molecule has 2 rings (SSSR count). The van der Waals surface area contributed by atoms with Gasteiger partial charge in [-0.25, -0.2) is 0 Å². The Kier molecular flexibility index (Phi) is 4.14. The minimum absolute atomic E-state index is 0.0172.